The highest BCUT2D eigenvalue weighted by Gasteiger charge is 2.11. The van der Waals surface area contributed by atoms with E-state index in [1.54, 1.807) is 24.5 Å². The fraction of sp³-hybridized carbons (Fsp3) is 0.133. The Morgan fingerprint density at radius 1 is 1.15 bits per heavy atom. The number of benzene rings is 1. The third-order valence-electron chi connectivity index (χ3n) is 3.25. The van der Waals surface area contributed by atoms with Crippen LogP contribution in [-0.2, 0) is 0 Å². The van der Waals surface area contributed by atoms with Gasteiger partial charge in [-0.05, 0) is 43.2 Å². The molecule has 0 saturated carbocycles. The fourth-order valence-corrected chi connectivity index (χ4v) is 2.87. The SMILES string of the molecule is Cc1ccc2sc(NC(=O)c3ccncc3)nc2c1C. The molecule has 5 heteroatoms. The summed E-state index contributed by atoms with van der Waals surface area (Å²) in [7, 11) is 0. The molecule has 0 aliphatic carbocycles. The van der Waals surface area contributed by atoms with E-state index in [-0.39, 0.29) is 5.91 Å². The summed E-state index contributed by atoms with van der Waals surface area (Å²) in [5.74, 6) is -0.166. The van der Waals surface area contributed by atoms with Crippen LogP contribution in [0.25, 0.3) is 10.2 Å². The summed E-state index contributed by atoms with van der Waals surface area (Å²) in [6, 6.07) is 7.47. The number of aryl methyl sites for hydroxylation is 2. The van der Waals surface area contributed by atoms with Crippen molar-refractivity contribution in [2.75, 3.05) is 5.32 Å². The maximum Gasteiger partial charge on any atom is 0.257 e. The molecule has 1 aromatic carbocycles. The number of amides is 1. The maximum atomic E-state index is 12.1. The van der Waals surface area contributed by atoms with Gasteiger partial charge in [0.15, 0.2) is 5.13 Å². The maximum absolute atomic E-state index is 12.1. The zero-order valence-electron chi connectivity index (χ0n) is 11.2. The lowest BCUT2D eigenvalue weighted by Gasteiger charge is -2.00. The minimum Gasteiger partial charge on any atom is -0.298 e. The summed E-state index contributed by atoms with van der Waals surface area (Å²) in [6.45, 7) is 4.11. The number of aromatic nitrogens is 2. The summed E-state index contributed by atoms with van der Waals surface area (Å²) < 4.78 is 1.08. The molecule has 4 nitrogen and oxygen atoms in total. The second kappa shape index (κ2) is 5.02. The number of rotatable bonds is 2. The van der Waals surface area contributed by atoms with Crippen molar-refractivity contribution < 1.29 is 4.79 Å². The molecule has 0 bridgehead atoms. The van der Waals surface area contributed by atoms with Crippen LogP contribution in [0, 0.1) is 13.8 Å². The van der Waals surface area contributed by atoms with Crippen molar-refractivity contribution in [1.29, 1.82) is 0 Å². The number of pyridine rings is 1. The van der Waals surface area contributed by atoms with Crippen molar-refractivity contribution in [2.45, 2.75) is 13.8 Å². The summed E-state index contributed by atoms with van der Waals surface area (Å²) in [5, 5.41) is 3.46. The molecule has 0 spiro atoms. The van der Waals surface area contributed by atoms with Gasteiger partial charge in [0.1, 0.15) is 0 Å². The lowest BCUT2D eigenvalue weighted by Crippen LogP contribution is -2.11. The highest BCUT2D eigenvalue weighted by atomic mass is 32.1. The Morgan fingerprint density at radius 3 is 2.65 bits per heavy atom. The van der Waals surface area contributed by atoms with Crippen LogP contribution in [-0.4, -0.2) is 15.9 Å². The Bertz CT molecular complexity index is 780. The van der Waals surface area contributed by atoms with E-state index >= 15 is 0 Å². The molecule has 3 aromatic rings. The van der Waals surface area contributed by atoms with Crippen molar-refractivity contribution in [1.82, 2.24) is 9.97 Å². The Balaban J connectivity index is 1.92. The van der Waals surface area contributed by atoms with E-state index in [0.29, 0.717) is 10.7 Å². The molecular weight excluding hydrogens is 270 g/mol. The molecule has 2 heterocycles. The van der Waals surface area contributed by atoms with Crippen LogP contribution < -0.4 is 5.32 Å². The molecule has 20 heavy (non-hydrogen) atoms. The number of anilines is 1. The van der Waals surface area contributed by atoms with Gasteiger partial charge in [-0.3, -0.25) is 15.1 Å². The van der Waals surface area contributed by atoms with Gasteiger partial charge in [-0.1, -0.05) is 17.4 Å². The zero-order valence-corrected chi connectivity index (χ0v) is 12.0. The third-order valence-corrected chi connectivity index (χ3v) is 4.18. The second-order valence-electron chi connectivity index (χ2n) is 4.56. The molecule has 1 amide bonds. The van der Waals surface area contributed by atoms with E-state index in [9.17, 15) is 4.79 Å². The monoisotopic (exact) mass is 283 g/mol. The number of hydrogen-bond donors (Lipinski definition) is 1. The summed E-state index contributed by atoms with van der Waals surface area (Å²) >= 11 is 1.48. The van der Waals surface area contributed by atoms with Crippen molar-refractivity contribution >= 4 is 32.6 Å². The highest BCUT2D eigenvalue weighted by molar-refractivity contribution is 7.22. The molecule has 0 aliphatic heterocycles. The largest absolute Gasteiger partial charge is 0.298 e. The van der Waals surface area contributed by atoms with Crippen molar-refractivity contribution in [3.8, 4) is 0 Å². The molecule has 3 rings (SSSR count). The number of carbonyl (C=O) groups is 1. The van der Waals surface area contributed by atoms with Gasteiger partial charge < -0.3 is 0 Å². The normalized spacial score (nSPS) is 10.7. The standard InChI is InChI=1S/C15H13N3OS/c1-9-3-4-12-13(10(9)2)17-15(20-12)18-14(19)11-5-7-16-8-6-11/h3-8H,1-2H3,(H,17,18,19). The number of thiazole rings is 1. The Labute approximate surface area is 120 Å². The summed E-state index contributed by atoms with van der Waals surface area (Å²) in [5.41, 5.74) is 3.89. The first-order valence-corrected chi connectivity index (χ1v) is 7.05. The number of carbonyl (C=O) groups excluding carboxylic acids is 1. The fourth-order valence-electron chi connectivity index (χ4n) is 1.95. The molecule has 0 fully saturated rings. The van der Waals surface area contributed by atoms with Crippen LogP contribution in [0.1, 0.15) is 21.5 Å². The number of hydrogen-bond acceptors (Lipinski definition) is 4. The minimum absolute atomic E-state index is 0.166. The van der Waals surface area contributed by atoms with Gasteiger partial charge in [0.2, 0.25) is 0 Å². The molecule has 0 aliphatic rings. The molecule has 0 saturated heterocycles. The lowest BCUT2D eigenvalue weighted by molar-refractivity contribution is 0.102. The molecule has 2 aromatic heterocycles. The highest BCUT2D eigenvalue weighted by Crippen LogP contribution is 2.29. The Morgan fingerprint density at radius 2 is 1.90 bits per heavy atom. The topological polar surface area (TPSA) is 54.9 Å². The molecular formula is C15H13N3OS. The number of nitrogens with one attached hydrogen (secondary N) is 1. The first kappa shape index (κ1) is 12.7. The summed E-state index contributed by atoms with van der Waals surface area (Å²) in [4.78, 5) is 20.5. The van der Waals surface area contributed by atoms with E-state index < -0.39 is 0 Å². The predicted octanol–water partition coefficient (Wildman–Crippen LogP) is 3.56. The summed E-state index contributed by atoms with van der Waals surface area (Å²) in [6.07, 6.45) is 3.20. The first-order valence-electron chi connectivity index (χ1n) is 6.23. The molecule has 0 atom stereocenters. The van der Waals surface area contributed by atoms with Crippen LogP contribution in [0.5, 0.6) is 0 Å². The van der Waals surface area contributed by atoms with Gasteiger partial charge in [0.05, 0.1) is 10.2 Å². The van der Waals surface area contributed by atoms with Gasteiger partial charge in [-0.2, -0.15) is 0 Å². The van der Waals surface area contributed by atoms with Gasteiger partial charge in [-0.15, -0.1) is 0 Å². The van der Waals surface area contributed by atoms with Gasteiger partial charge in [0, 0.05) is 18.0 Å². The quantitative estimate of drug-likeness (QED) is 0.782. The van der Waals surface area contributed by atoms with Crippen LogP contribution in [0.3, 0.4) is 0 Å². The number of nitrogens with zero attached hydrogens (tertiary/aromatic N) is 2. The van der Waals surface area contributed by atoms with Crippen LogP contribution in [0.15, 0.2) is 36.7 Å². The third kappa shape index (κ3) is 2.28. The van der Waals surface area contributed by atoms with Crippen molar-refractivity contribution in [3.05, 3.63) is 53.3 Å². The van der Waals surface area contributed by atoms with E-state index in [1.165, 1.54) is 16.9 Å². The van der Waals surface area contributed by atoms with Crippen LogP contribution in [0.4, 0.5) is 5.13 Å². The molecule has 0 radical (unpaired) electrons. The number of fused-ring (bicyclic) bond motifs is 1. The average molecular weight is 283 g/mol. The van der Waals surface area contributed by atoms with E-state index in [1.807, 2.05) is 13.0 Å². The second-order valence-corrected chi connectivity index (χ2v) is 5.59. The predicted molar refractivity (Wildman–Crippen MR) is 81.3 cm³/mol. The van der Waals surface area contributed by atoms with E-state index in [0.717, 1.165) is 15.8 Å². The Hall–Kier alpha value is -2.27. The van der Waals surface area contributed by atoms with Gasteiger partial charge in [-0.25, -0.2) is 4.98 Å². The lowest BCUT2D eigenvalue weighted by atomic mass is 10.1. The van der Waals surface area contributed by atoms with Gasteiger partial charge in [0.25, 0.3) is 5.91 Å². The Kier molecular flexibility index (Phi) is 3.20. The van der Waals surface area contributed by atoms with E-state index in [4.69, 9.17) is 0 Å². The van der Waals surface area contributed by atoms with E-state index in [2.05, 4.69) is 28.3 Å². The molecule has 0 unspecified atom stereocenters. The average Bonchev–Trinajstić information content (AvgIpc) is 2.87. The van der Waals surface area contributed by atoms with Crippen LogP contribution in [0.2, 0.25) is 0 Å². The zero-order chi connectivity index (χ0) is 14.1. The minimum atomic E-state index is -0.166. The van der Waals surface area contributed by atoms with Crippen molar-refractivity contribution in [3.63, 3.8) is 0 Å². The first-order chi connectivity index (χ1) is 9.65. The molecule has 100 valence electrons. The smallest absolute Gasteiger partial charge is 0.257 e. The van der Waals surface area contributed by atoms with Crippen molar-refractivity contribution in [2.24, 2.45) is 0 Å². The molecule has 1 N–H and O–H groups in total. The van der Waals surface area contributed by atoms with Crippen LogP contribution >= 0.6 is 11.3 Å². The van der Waals surface area contributed by atoms with Gasteiger partial charge >= 0.3 is 0 Å².